The third kappa shape index (κ3) is 3.15. The normalized spacial score (nSPS) is 17.4. The zero-order valence-corrected chi connectivity index (χ0v) is 13.6. The Hall–Kier alpha value is -1.85. The molecule has 2 N–H and O–H groups in total. The average Bonchev–Trinajstić information content (AvgIpc) is 3.04. The van der Waals surface area contributed by atoms with Gasteiger partial charge in [-0.15, -0.1) is 12.4 Å². The van der Waals surface area contributed by atoms with Crippen molar-refractivity contribution >= 4 is 18.3 Å². The van der Waals surface area contributed by atoms with Crippen molar-refractivity contribution < 1.29 is 4.79 Å². The second-order valence-corrected chi connectivity index (χ2v) is 5.69. The van der Waals surface area contributed by atoms with Gasteiger partial charge in [-0.05, 0) is 50.6 Å². The van der Waals surface area contributed by atoms with Crippen molar-refractivity contribution in [2.24, 2.45) is 5.73 Å². The molecule has 0 bridgehead atoms. The van der Waals surface area contributed by atoms with E-state index in [4.69, 9.17) is 5.73 Å². The van der Waals surface area contributed by atoms with Gasteiger partial charge in [-0.2, -0.15) is 5.10 Å². The van der Waals surface area contributed by atoms with Crippen LogP contribution in [0.4, 0.5) is 0 Å². The van der Waals surface area contributed by atoms with E-state index in [9.17, 15) is 4.79 Å². The number of carbonyl (C=O) groups is 1. The van der Waals surface area contributed by atoms with E-state index in [1.807, 2.05) is 53.8 Å². The summed E-state index contributed by atoms with van der Waals surface area (Å²) < 4.78 is 1.88. The summed E-state index contributed by atoms with van der Waals surface area (Å²) >= 11 is 0. The van der Waals surface area contributed by atoms with Gasteiger partial charge in [0.2, 0.25) is 0 Å². The van der Waals surface area contributed by atoms with Crippen molar-refractivity contribution in [1.29, 1.82) is 0 Å². The van der Waals surface area contributed by atoms with E-state index >= 15 is 0 Å². The highest BCUT2D eigenvalue weighted by molar-refractivity contribution is 5.94. The molecule has 0 aliphatic carbocycles. The van der Waals surface area contributed by atoms with Crippen LogP contribution in [0.1, 0.15) is 28.2 Å². The molecule has 1 aromatic heterocycles. The molecule has 1 aromatic carbocycles. The summed E-state index contributed by atoms with van der Waals surface area (Å²) in [5.41, 5.74) is 9.59. The first-order chi connectivity index (χ1) is 10.0. The lowest BCUT2D eigenvalue weighted by atomic mass is 10.2. The first-order valence-electron chi connectivity index (χ1n) is 7.23. The van der Waals surface area contributed by atoms with Crippen molar-refractivity contribution in [3.05, 3.63) is 47.3 Å². The van der Waals surface area contributed by atoms with Crippen LogP contribution in [-0.2, 0) is 0 Å². The molecule has 2 heterocycles. The molecule has 0 unspecified atom stereocenters. The first kappa shape index (κ1) is 16.5. The molecule has 2 aromatic rings. The maximum Gasteiger partial charge on any atom is 0.253 e. The van der Waals surface area contributed by atoms with Gasteiger partial charge in [-0.3, -0.25) is 4.79 Å². The summed E-state index contributed by atoms with van der Waals surface area (Å²) in [7, 11) is 0. The van der Waals surface area contributed by atoms with Gasteiger partial charge >= 0.3 is 0 Å². The Labute approximate surface area is 136 Å². The van der Waals surface area contributed by atoms with Crippen molar-refractivity contribution in [2.75, 3.05) is 13.1 Å². The van der Waals surface area contributed by atoms with Crippen LogP contribution >= 0.6 is 12.4 Å². The number of nitrogens with two attached hydrogens (primary N) is 1. The van der Waals surface area contributed by atoms with Crippen LogP contribution in [0.25, 0.3) is 5.69 Å². The summed E-state index contributed by atoms with van der Waals surface area (Å²) in [6, 6.07) is 9.73. The number of nitrogens with zero attached hydrogens (tertiary/aromatic N) is 3. The fraction of sp³-hybridized carbons (Fsp3) is 0.375. The minimum absolute atomic E-state index is 0. The van der Waals surface area contributed by atoms with Crippen LogP contribution in [0.3, 0.4) is 0 Å². The predicted molar refractivity (Wildman–Crippen MR) is 88.8 cm³/mol. The second kappa shape index (κ2) is 6.50. The lowest BCUT2D eigenvalue weighted by molar-refractivity contribution is 0.0791. The Balaban J connectivity index is 0.00000176. The molecule has 1 fully saturated rings. The molecule has 0 radical (unpaired) electrons. The second-order valence-electron chi connectivity index (χ2n) is 5.69. The molecule has 1 atom stereocenters. The SMILES string of the molecule is Cc1cc(C)n(-c2ccc(C(=O)N3CC[C@@H](N)C3)cc2)n1.Cl. The van der Waals surface area contributed by atoms with Crippen molar-refractivity contribution in [1.82, 2.24) is 14.7 Å². The number of likely N-dealkylation sites (tertiary alicyclic amines) is 1. The van der Waals surface area contributed by atoms with E-state index in [2.05, 4.69) is 5.10 Å². The summed E-state index contributed by atoms with van der Waals surface area (Å²) in [4.78, 5) is 14.2. The molecule has 118 valence electrons. The molecular formula is C16H21ClN4O. The number of amides is 1. The highest BCUT2D eigenvalue weighted by atomic mass is 35.5. The minimum atomic E-state index is 0. The van der Waals surface area contributed by atoms with Gasteiger partial charge in [0.25, 0.3) is 5.91 Å². The number of hydrogen-bond donors (Lipinski definition) is 1. The predicted octanol–water partition coefficient (Wildman–Crippen LogP) is 2.08. The third-order valence-electron chi connectivity index (χ3n) is 3.88. The third-order valence-corrected chi connectivity index (χ3v) is 3.88. The number of rotatable bonds is 2. The molecule has 1 saturated heterocycles. The molecule has 0 spiro atoms. The van der Waals surface area contributed by atoms with Crippen molar-refractivity contribution in [2.45, 2.75) is 26.3 Å². The molecule has 1 aliphatic heterocycles. The van der Waals surface area contributed by atoms with Crippen LogP contribution < -0.4 is 5.73 Å². The Bertz CT molecular complexity index is 665. The summed E-state index contributed by atoms with van der Waals surface area (Å²) in [6.45, 7) is 5.39. The topological polar surface area (TPSA) is 64.2 Å². The van der Waals surface area contributed by atoms with E-state index in [0.717, 1.165) is 30.0 Å². The first-order valence-corrected chi connectivity index (χ1v) is 7.23. The number of carbonyl (C=O) groups excluding carboxylic acids is 1. The Morgan fingerprint density at radius 2 is 1.95 bits per heavy atom. The fourth-order valence-corrected chi connectivity index (χ4v) is 2.79. The van der Waals surface area contributed by atoms with Crippen molar-refractivity contribution in [3.8, 4) is 5.69 Å². The van der Waals surface area contributed by atoms with Gasteiger partial charge in [-0.25, -0.2) is 4.68 Å². The lowest BCUT2D eigenvalue weighted by Crippen LogP contribution is -2.31. The fourth-order valence-electron chi connectivity index (χ4n) is 2.79. The number of aryl methyl sites for hydroxylation is 2. The van der Waals surface area contributed by atoms with Crippen LogP contribution in [0.2, 0.25) is 0 Å². The van der Waals surface area contributed by atoms with Crippen LogP contribution in [0, 0.1) is 13.8 Å². The molecular weight excluding hydrogens is 300 g/mol. The average molecular weight is 321 g/mol. The van der Waals surface area contributed by atoms with Gasteiger partial charge in [-0.1, -0.05) is 0 Å². The summed E-state index contributed by atoms with van der Waals surface area (Å²) in [5.74, 6) is 0.0582. The van der Waals surface area contributed by atoms with Gasteiger partial charge < -0.3 is 10.6 Å². The van der Waals surface area contributed by atoms with Gasteiger partial charge in [0, 0.05) is 30.4 Å². The maximum absolute atomic E-state index is 12.4. The van der Waals surface area contributed by atoms with E-state index in [1.54, 1.807) is 0 Å². The van der Waals surface area contributed by atoms with Crippen LogP contribution in [0.15, 0.2) is 30.3 Å². The van der Waals surface area contributed by atoms with Gasteiger partial charge in [0.05, 0.1) is 11.4 Å². The molecule has 6 heteroatoms. The maximum atomic E-state index is 12.4. The van der Waals surface area contributed by atoms with E-state index in [0.29, 0.717) is 12.1 Å². The Kier molecular flexibility index (Phi) is 4.88. The number of benzene rings is 1. The standard InChI is InChI=1S/C16H20N4O.ClH/c1-11-9-12(2)20(18-11)15-5-3-13(4-6-15)16(21)19-8-7-14(17)10-19;/h3-6,9,14H,7-8,10,17H2,1-2H3;1H/t14-;/m1./s1. The number of aromatic nitrogens is 2. The molecule has 1 aliphatic rings. The quantitative estimate of drug-likeness (QED) is 0.921. The Morgan fingerprint density at radius 3 is 2.45 bits per heavy atom. The minimum Gasteiger partial charge on any atom is -0.337 e. The largest absolute Gasteiger partial charge is 0.337 e. The van der Waals surface area contributed by atoms with Crippen LogP contribution in [0.5, 0.6) is 0 Å². The molecule has 3 rings (SSSR count). The van der Waals surface area contributed by atoms with E-state index in [-0.39, 0.29) is 24.4 Å². The van der Waals surface area contributed by atoms with E-state index < -0.39 is 0 Å². The monoisotopic (exact) mass is 320 g/mol. The highest BCUT2D eigenvalue weighted by Gasteiger charge is 2.24. The van der Waals surface area contributed by atoms with Gasteiger partial charge in [0.1, 0.15) is 0 Å². The zero-order chi connectivity index (χ0) is 15.0. The molecule has 0 saturated carbocycles. The summed E-state index contributed by atoms with van der Waals surface area (Å²) in [6.07, 6.45) is 0.885. The number of hydrogen-bond acceptors (Lipinski definition) is 3. The highest BCUT2D eigenvalue weighted by Crippen LogP contribution is 2.16. The lowest BCUT2D eigenvalue weighted by Gasteiger charge is -2.16. The smallest absolute Gasteiger partial charge is 0.253 e. The molecule has 22 heavy (non-hydrogen) atoms. The van der Waals surface area contributed by atoms with E-state index in [1.165, 1.54) is 0 Å². The molecule has 5 nitrogen and oxygen atoms in total. The van der Waals surface area contributed by atoms with Gasteiger partial charge in [0.15, 0.2) is 0 Å². The van der Waals surface area contributed by atoms with Crippen LogP contribution in [-0.4, -0.2) is 39.7 Å². The Morgan fingerprint density at radius 1 is 1.27 bits per heavy atom. The summed E-state index contributed by atoms with van der Waals surface area (Å²) in [5, 5.41) is 4.45. The number of halogens is 1. The zero-order valence-electron chi connectivity index (χ0n) is 12.8. The molecule has 1 amide bonds. The van der Waals surface area contributed by atoms with Crippen molar-refractivity contribution in [3.63, 3.8) is 0 Å².